The van der Waals surface area contributed by atoms with Gasteiger partial charge in [-0.2, -0.15) is 5.10 Å². The van der Waals surface area contributed by atoms with Crippen LogP contribution in [-0.4, -0.2) is 42.0 Å². The van der Waals surface area contributed by atoms with E-state index in [2.05, 4.69) is 10.4 Å². The van der Waals surface area contributed by atoms with Crippen LogP contribution in [0.4, 0.5) is 5.69 Å². The van der Waals surface area contributed by atoms with E-state index in [9.17, 15) is 9.59 Å². The molecule has 0 saturated carbocycles. The summed E-state index contributed by atoms with van der Waals surface area (Å²) in [5.74, 6) is 0.146. The highest BCUT2D eigenvalue weighted by Crippen LogP contribution is 2.28. The molecular formula is C20H25N3O5. The molecule has 0 atom stereocenters. The molecule has 0 saturated heterocycles. The molecule has 2 rings (SSSR count). The third-order valence-corrected chi connectivity index (χ3v) is 4.02. The van der Waals surface area contributed by atoms with Gasteiger partial charge in [-0.25, -0.2) is 4.79 Å². The van der Waals surface area contributed by atoms with Crippen molar-refractivity contribution in [1.29, 1.82) is 0 Å². The zero-order valence-corrected chi connectivity index (χ0v) is 16.7. The Morgan fingerprint density at radius 2 is 2.00 bits per heavy atom. The van der Waals surface area contributed by atoms with Crippen LogP contribution in [-0.2, 0) is 21.4 Å². The summed E-state index contributed by atoms with van der Waals surface area (Å²) in [6, 6.07) is 5.30. The van der Waals surface area contributed by atoms with Crippen molar-refractivity contribution in [2.24, 2.45) is 7.05 Å². The summed E-state index contributed by atoms with van der Waals surface area (Å²) in [7, 11) is 3.34. The lowest BCUT2D eigenvalue weighted by molar-refractivity contribution is -0.142. The number of benzene rings is 1. The molecule has 0 spiro atoms. The predicted octanol–water partition coefficient (Wildman–Crippen LogP) is 2.64. The second-order valence-corrected chi connectivity index (χ2v) is 6.00. The van der Waals surface area contributed by atoms with Gasteiger partial charge in [0.25, 0.3) is 5.91 Å². The first-order valence-electron chi connectivity index (χ1n) is 8.81. The number of aromatic nitrogens is 2. The van der Waals surface area contributed by atoms with E-state index in [1.54, 1.807) is 50.0 Å². The first-order valence-corrected chi connectivity index (χ1v) is 8.81. The second-order valence-electron chi connectivity index (χ2n) is 6.00. The largest absolute Gasteiger partial charge is 0.493 e. The topological polar surface area (TPSA) is 91.7 Å². The lowest BCUT2D eigenvalue weighted by atomic mass is 10.2. The molecule has 1 N–H and O–H groups in total. The Kier molecular flexibility index (Phi) is 7.20. The van der Waals surface area contributed by atoms with Crippen molar-refractivity contribution < 1.29 is 23.8 Å². The van der Waals surface area contributed by atoms with Crippen molar-refractivity contribution in [3.8, 4) is 11.5 Å². The third-order valence-electron chi connectivity index (χ3n) is 4.02. The van der Waals surface area contributed by atoms with Gasteiger partial charge in [0, 0.05) is 13.1 Å². The van der Waals surface area contributed by atoms with E-state index >= 15 is 0 Å². The Balaban J connectivity index is 1.90. The highest BCUT2D eigenvalue weighted by atomic mass is 16.5. The molecule has 8 nitrogen and oxygen atoms in total. The van der Waals surface area contributed by atoms with E-state index in [0.717, 1.165) is 11.3 Å². The SMILES string of the molecule is CCOc1ccc(/C=C/C(=O)OCC(=O)Nc2c(C)nn(C)c2C)cc1OC. The molecular weight excluding hydrogens is 362 g/mol. The van der Waals surface area contributed by atoms with Crippen LogP contribution in [0.1, 0.15) is 23.9 Å². The minimum Gasteiger partial charge on any atom is -0.493 e. The lowest BCUT2D eigenvalue weighted by Crippen LogP contribution is -2.20. The predicted molar refractivity (Wildman–Crippen MR) is 105 cm³/mol. The number of esters is 1. The molecule has 0 aliphatic carbocycles. The van der Waals surface area contributed by atoms with Gasteiger partial charge in [0.1, 0.15) is 0 Å². The van der Waals surface area contributed by atoms with Crippen LogP contribution in [0.15, 0.2) is 24.3 Å². The summed E-state index contributed by atoms with van der Waals surface area (Å²) in [6.45, 7) is 5.66. The summed E-state index contributed by atoms with van der Waals surface area (Å²) >= 11 is 0. The second kappa shape index (κ2) is 9.59. The monoisotopic (exact) mass is 387 g/mol. The smallest absolute Gasteiger partial charge is 0.331 e. The minimum atomic E-state index is -0.623. The lowest BCUT2D eigenvalue weighted by Gasteiger charge is -2.09. The summed E-state index contributed by atoms with van der Waals surface area (Å²) in [4.78, 5) is 23.9. The molecule has 2 aromatic rings. The molecule has 0 aliphatic rings. The maximum atomic E-state index is 12.0. The number of aryl methyl sites for hydroxylation is 2. The van der Waals surface area contributed by atoms with E-state index in [4.69, 9.17) is 14.2 Å². The highest BCUT2D eigenvalue weighted by Gasteiger charge is 2.13. The molecule has 1 aromatic carbocycles. The Morgan fingerprint density at radius 3 is 2.61 bits per heavy atom. The van der Waals surface area contributed by atoms with Crippen LogP contribution in [0.3, 0.4) is 0 Å². The van der Waals surface area contributed by atoms with E-state index in [-0.39, 0.29) is 6.61 Å². The first kappa shape index (κ1) is 21.0. The Bertz CT molecular complexity index is 886. The Hall–Kier alpha value is -3.29. The van der Waals surface area contributed by atoms with Crippen LogP contribution in [0.2, 0.25) is 0 Å². The molecule has 1 amide bonds. The van der Waals surface area contributed by atoms with E-state index < -0.39 is 11.9 Å². The van der Waals surface area contributed by atoms with E-state index in [1.807, 2.05) is 13.8 Å². The zero-order chi connectivity index (χ0) is 20.7. The number of hydrogen-bond donors (Lipinski definition) is 1. The van der Waals surface area contributed by atoms with Gasteiger partial charge in [-0.1, -0.05) is 6.07 Å². The van der Waals surface area contributed by atoms with Gasteiger partial charge >= 0.3 is 5.97 Å². The molecule has 0 unspecified atom stereocenters. The molecule has 0 bridgehead atoms. The summed E-state index contributed by atoms with van der Waals surface area (Å²) in [5, 5.41) is 6.93. The molecule has 0 fully saturated rings. The van der Waals surface area contributed by atoms with Gasteiger partial charge in [0.05, 0.1) is 30.8 Å². The van der Waals surface area contributed by atoms with Crippen molar-refractivity contribution >= 4 is 23.6 Å². The molecule has 1 aromatic heterocycles. The maximum Gasteiger partial charge on any atom is 0.331 e. The van der Waals surface area contributed by atoms with Crippen molar-refractivity contribution in [2.45, 2.75) is 20.8 Å². The number of nitrogens with zero attached hydrogens (tertiary/aromatic N) is 2. The number of carbonyl (C=O) groups excluding carboxylic acids is 2. The van der Waals surface area contributed by atoms with Gasteiger partial charge in [0.2, 0.25) is 0 Å². The fourth-order valence-corrected chi connectivity index (χ4v) is 2.54. The van der Waals surface area contributed by atoms with Crippen LogP contribution < -0.4 is 14.8 Å². The van der Waals surface area contributed by atoms with Gasteiger partial charge in [-0.05, 0) is 44.5 Å². The first-order chi connectivity index (χ1) is 13.3. The summed E-state index contributed by atoms with van der Waals surface area (Å²) in [5.41, 5.74) is 2.88. The molecule has 1 heterocycles. The molecule has 0 radical (unpaired) electrons. The van der Waals surface area contributed by atoms with Crippen LogP contribution in [0.5, 0.6) is 11.5 Å². The number of rotatable bonds is 8. The number of amides is 1. The number of methoxy groups -OCH3 is 1. The molecule has 8 heteroatoms. The number of ether oxygens (including phenoxy) is 3. The number of anilines is 1. The van der Waals surface area contributed by atoms with E-state index in [1.165, 1.54) is 6.08 Å². The molecule has 150 valence electrons. The number of nitrogens with one attached hydrogen (secondary N) is 1. The fraction of sp³-hybridized carbons (Fsp3) is 0.350. The van der Waals surface area contributed by atoms with Gasteiger partial charge < -0.3 is 19.5 Å². The van der Waals surface area contributed by atoms with Crippen LogP contribution in [0.25, 0.3) is 6.08 Å². The Morgan fingerprint density at radius 1 is 1.25 bits per heavy atom. The van der Waals surface area contributed by atoms with Crippen molar-refractivity contribution in [1.82, 2.24) is 9.78 Å². The van der Waals surface area contributed by atoms with Crippen LogP contribution >= 0.6 is 0 Å². The maximum absolute atomic E-state index is 12.0. The normalized spacial score (nSPS) is 10.8. The minimum absolute atomic E-state index is 0.385. The number of carbonyl (C=O) groups is 2. The average Bonchev–Trinajstić information content (AvgIpc) is 2.91. The summed E-state index contributed by atoms with van der Waals surface area (Å²) in [6.07, 6.45) is 2.83. The van der Waals surface area contributed by atoms with E-state index in [0.29, 0.717) is 29.5 Å². The highest BCUT2D eigenvalue weighted by molar-refractivity contribution is 5.95. The Labute approximate surface area is 164 Å². The molecule has 0 aliphatic heterocycles. The quantitative estimate of drug-likeness (QED) is 0.553. The zero-order valence-electron chi connectivity index (χ0n) is 16.7. The third kappa shape index (κ3) is 5.35. The van der Waals surface area contributed by atoms with Gasteiger partial charge in [0.15, 0.2) is 18.1 Å². The fourth-order valence-electron chi connectivity index (χ4n) is 2.54. The standard InChI is InChI=1S/C20H25N3O5/c1-6-27-16-9-7-15(11-17(16)26-5)8-10-19(25)28-12-18(24)21-20-13(2)22-23(4)14(20)3/h7-11H,6,12H2,1-5H3,(H,21,24)/b10-8+. The average molecular weight is 387 g/mol. The van der Waals surface area contributed by atoms with Crippen molar-refractivity contribution in [2.75, 3.05) is 25.6 Å². The number of hydrogen-bond acceptors (Lipinski definition) is 6. The summed E-state index contributed by atoms with van der Waals surface area (Å²) < 4.78 is 17.4. The van der Waals surface area contributed by atoms with Crippen molar-refractivity contribution in [3.05, 3.63) is 41.2 Å². The van der Waals surface area contributed by atoms with Gasteiger partial charge in [-0.3, -0.25) is 9.48 Å². The van der Waals surface area contributed by atoms with Crippen LogP contribution in [0, 0.1) is 13.8 Å². The van der Waals surface area contributed by atoms with Gasteiger partial charge in [-0.15, -0.1) is 0 Å². The van der Waals surface area contributed by atoms with Crippen molar-refractivity contribution in [3.63, 3.8) is 0 Å². The molecule has 28 heavy (non-hydrogen) atoms.